The zero-order valence-corrected chi connectivity index (χ0v) is 71.2. The molecule has 0 atom stereocenters. The van der Waals surface area contributed by atoms with Crippen LogP contribution in [0.5, 0.6) is 0 Å². The molecule has 0 aliphatic rings. The summed E-state index contributed by atoms with van der Waals surface area (Å²) in [5, 5.41) is 34.1. The predicted octanol–water partition coefficient (Wildman–Crippen LogP) is 23.7. The van der Waals surface area contributed by atoms with E-state index in [-0.39, 0.29) is 94.9 Å². The third kappa shape index (κ3) is 19.5. The number of aryl methyl sites for hydroxylation is 6. The van der Waals surface area contributed by atoms with Gasteiger partial charge in [0.2, 0.25) is 17.1 Å². The second-order valence-corrected chi connectivity index (χ2v) is 26.9. The Kier molecular flexibility index (Phi) is 27.3. The van der Waals surface area contributed by atoms with Crippen LogP contribution in [0.3, 0.4) is 0 Å². The number of furan rings is 6. The van der Waals surface area contributed by atoms with Crippen molar-refractivity contribution in [2.75, 3.05) is 0 Å². The second-order valence-electron chi connectivity index (χ2n) is 26.9. The smallest absolute Gasteiger partial charge is 0.216 e. The van der Waals surface area contributed by atoms with E-state index >= 15 is 0 Å². The first-order valence-corrected chi connectivity index (χ1v) is 35.5. The maximum absolute atomic E-state index is 10.0. The number of carbonyl (C=O) groups is 3. The number of carbonyl (C=O) groups excluding carboxylic acids is 3. The van der Waals surface area contributed by atoms with Gasteiger partial charge in [-0.2, -0.15) is 0 Å². The molecule has 114 heavy (non-hydrogen) atoms. The first kappa shape index (κ1) is 84.3. The van der Waals surface area contributed by atoms with E-state index < -0.39 is 0 Å². The molecule has 18 aromatic rings. The molecule has 21 heteroatoms. The van der Waals surface area contributed by atoms with Gasteiger partial charge in [0.05, 0.1) is 52.6 Å². The Morgan fingerprint density at radius 2 is 0.675 bits per heavy atom. The third-order valence-corrected chi connectivity index (χ3v) is 17.7. The number of ketones is 3. The van der Waals surface area contributed by atoms with Crippen molar-refractivity contribution in [3.05, 3.63) is 288 Å². The van der Waals surface area contributed by atoms with Crippen LogP contribution in [0.4, 0.5) is 0 Å². The summed E-state index contributed by atoms with van der Waals surface area (Å²) in [5.41, 5.74) is 20.9. The summed E-state index contributed by atoms with van der Waals surface area (Å²) in [6.07, 6.45) is 8.80. The van der Waals surface area contributed by atoms with E-state index in [9.17, 15) is 14.4 Å². The van der Waals surface area contributed by atoms with Gasteiger partial charge in [-0.1, -0.05) is 129 Å². The first-order chi connectivity index (χ1) is 53.4. The SMILES string of the molecule is CC(=O)C=C(C)O.CC(=O)C=C(C)O.CC(=O)C=C(C)O.Cc1ccc(-c2cc3cc(-c4[c-]ccc5c4oc4nc(C)ccc45)ncc3o2)cc1.Cc1ccc2c(n1)oc1c(-c3cc4cc(-c5c(C)cccc5C)oc4cn3)[c-]ccc12.Cc1ccc2c(n1)oc1c(-c3cc4cc(-c5ccccc5)oc4cn3)[c-]ccc12.[Ir].[Ir].[Ir]. The van der Waals surface area contributed by atoms with Crippen molar-refractivity contribution >= 4 is 116 Å². The maximum atomic E-state index is 10.0. The topological polar surface area (TPSA) is 268 Å². The number of allylic oxidation sites excluding steroid dienone is 6. The van der Waals surface area contributed by atoms with Crippen molar-refractivity contribution in [2.45, 2.75) is 83.1 Å². The molecule has 579 valence electrons. The minimum absolute atomic E-state index is 0. The van der Waals surface area contributed by atoms with Gasteiger partial charge >= 0.3 is 0 Å². The number of pyridine rings is 6. The Bertz CT molecular complexity index is 6580. The molecule has 12 aromatic heterocycles. The van der Waals surface area contributed by atoms with Crippen LogP contribution in [0.2, 0.25) is 0 Å². The van der Waals surface area contributed by atoms with E-state index in [0.29, 0.717) is 17.1 Å². The number of benzene rings is 6. The van der Waals surface area contributed by atoms with Crippen molar-refractivity contribution in [3.8, 4) is 67.7 Å². The molecule has 6 aromatic carbocycles. The van der Waals surface area contributed by atoms with Crippen molar-refractivity contribution < 1.29 is 117 Å². The summed E-state index contributed by atoms with van der Waals surface area (Å²) < 4.78 is 36.5. The molecule has 0 saturated heterocycles. The number of hydrogen-bond acceptors (Lipinski definition) is 18. The normalized spacial score (nSPS) is 11.3. The van der Waals surface area contributed by atoms with Crippen LogP contribution in [-0.4, -0.2) is 62.6 Å². The molecular weight excluding hydrogens is 1970 g/mol. The Morgan fingerprint density at radius 1 is 0.351 bits per heavy atom. The predicted molar refractivity (Wildman–Crippen MR) is 436 cm³/mol. The fourth-order valence-corrected chi connectivity index (χ4v) is 12.8. The minimum Gasteiger partial charge on any atom is -0.512 e. The van der Waals surface area contributed by atoms with Crippen LogP contribution in [-0.2, 0) is 74.7 Å². The van der Waals surface area contributed by atoms with Gasteiger partial charge in [0.25, 0.3) is 0 Å². The van der Waals surface area contributed by atoms with E-state index in [2.05, 4.69) is 130 Å². The second kappa shape index (κ2) is 37.0. The van der Waals surface area contributed by atoms with Gasteiger partial charge in [-0.3, -0.25) is 14.4 Å². The van der Waals surface area contributed by atoms with E-state index in [4.69, 9.17) is 41.8 Å². The maximum Gasteiger partial charge on any atom is 0.216 e. The summed E-state index contributed by atoms with van der Waals surface area (Å²) in [6.45, 7) is 20.7. The summed E-state index contributed by atoms with van der Waals surface area (Å²) in [4.78, 5) is 57.5. The number of aliphatic hydroxyl groups is 3. The Morgan fingerprint density at radius 3 is 1.00 bits per heavy atom. The fourth-order valence-electron chi connectivity index (χ4n) is 12.8. The molecule has 0 amide bonds. The van der Waals surface area contributed by atoms with Crippen LogP contribution in [0.15, 0.2) is 263 Å². The molecular formula is C93H75Ir3N6O12-3. The molecule has 0 spiro atoms. The largest absolute Gasteiger partial charge is 0.512 e. The van der Waals surface area contributed by atoms with Crippen molar-refractivity contribution in [1.82, 2.24) is 29.9 Å². The van der Waals surface area contributed by atoms with Crippen LogP contribution >= 0.6 is 0 Å². The molecule has 18 nitrogen and oxygen atoms in total. The van der Waals surface area contributed by atoms with Crippen LogP contribution in [0.1, 0.15) is 75.3 Å². The molecule has 0 aliphatic carbocycles. The van der Waals surface area contributed by atoms with Crippen LogP contribution in [0.25, 0.3) is 167 Å². The molecule has 3 radical (unpaired) electrons. The Labute approximate surface area is 696 Å². The van der Waals surface area contributed by atoms with Gasteiger partial charge < -0.3 is 56.8 Å². The standard InChI is InChI=1S/C27H19N2O2.C26H17N2O2.C25H15N2O2.3C5H8O2.3Ir/c1-15-6-4-7-16(2)25(15)23-13-18-12-22(28-14-24(18)30-23)21-9-5-8-19-20-11-10-17(3)29-27(20)31-26(19)21;1-15-6-9-17(10-7-15)23-13-18-12-22(27-14-24(18)29-23)21-5-3-4-19-20-11-8-16(2)28-26(20)30-25(19)21;1-15-10-11-19-18-8-5-9-20(24(18)29-25(19)27-15)21-12-17-13-22(28-23(17)14-26-21)16-6-3-2-4-7-16;3*1-4(6)3-5(2)7;;;/h4-8,10-14H,1-3H3;3-4,6-14H,1-2H3;2-8,10-14H,1H3;3*3,6H,1-2H3;;;/q3*-1;;;;;;. The number of nitrogens with zero attached hydrogens (tertiary/aromatic N) is 6. The van der Waals surface area contributed by atoms with Gasteiger partial charge in [-0.15, -0.1) is 54.6 Å². The number of fused-ring (bicyclic) bond motifs is 12. The van der Waals surface area contributed by atoms with E-state index in [1.165, 1.54) is 76.5 Å². The van der Waals surface area contributed by atoms with Gasteiger partial charge in [0.15, 0.2) is 34.1 Å². The van der Waals surface area contributed by atoms with Crippen molar-refractivity contribution in [3.63, 3.8) is 0 Å². The monoisotopic (exact) mass is 2050 g/mol. The molecule has 12 heterocycles. The number of rotatable bonds is 9. The molecule has 0 bridgehead atoms. The average molecular weight is 2050 g/mol. The van der Waals surface area contributed by atoms with E-state index in [1.807, 2.05) is 142 Å². The van der Waals surface area contributed by atoms with Crippen molar-refractivity contribution in [1.29, 1.82) is 0 Å². The number of hydrogen-bond donors (Lipinski definition) is 3. The molecule has 0 fully saturated rings. The van der Waals surface area contributed by atoms with Gasteiger partial charge in [-0.25, -0.2) is 15.0 Å². The average Bonchev–Trinajstić information content (AvgIpc) is 1.62. The van der Waals surface area contributed by atoms with Crippen LogP contribution in [0, 0.1) is 59.7 Å². The number of aromatic nitrogens is 6. The van der Waals surface area contributed by atoms with Gasteiger partial charge in [-0.05, 0) is 166 Å². The minimum atomic E-state index is -0.125. The fraction of sp³-hybridized carbons (Fsp3) is 0.129. The molecule has 0 aliphatic heterocycles. The van der Waals surface area contributed by atoms with E-state index in [0.717, 1.165) is 167 Å². The number of aliphatic hydroxyl groups excluding tert-OH is 3. The first-order valence-electron chi connectivity index (χ1n) is 35.5. The van der Waals surface area contributed by atoms with Crippen molar-refractivity contribution in [2.24, 2.45) is 0 Å². The zero-order chi connectivity index (χ0) is 78.3. The summed E-state index contributed by atoms with van der Waals surface area (Å²) in [6, 6.07) is 70.7. The third-order valence-electron chi connectivity index (χ3n) is 17.7. The summed E-state index contributed by atoms with van der Waals surface area (Å²) in [5.74, 6) is 2.32. The van der Waals surface area contributed by atoms with Gasteiger partial charge in [0, 0.05) is 145 Å². The quantitative estimate of drug-likeness (QED) is 0.0688. The molecule has 0 saturated carbocycles. The molecule has 0 unspecified atom stereocenters. The van der Waals surface area contributed by atoms with Crippen LogP contribution < -0.4 is 0 Å². The zero-order valence-electron chi connectivity index (χ0n) is 64.0. The Hall–Kier alpha value is -12.2. The molecule has 3 N–H and O–H groups in total. The summed E-state index contributed by atoms with van der Waals surface area (Å²) in [7, 11) is 0. The molecule has 18 rings (SSSR count). The van der Waals surface area contributed by atoms with Gasteiger partial charge in [0.1, 0.15) is 17.3 Å². The van der Waals surface area contributed by atoms with E-state index in [1.54, 1.807) is 18.6 Å². The Balaban J connectivity index is 0.000000159. The summed E-state index contributed by atoms with van der Waals surface area (Å²) >= 11 is 0.